The van der Waals surface area contributed by atoms with Crippen molar-refractivity contribution < 1.29 is 4.21 Å². The predicted octanol–water partition coefficient (Wildman–Crippen LogP) is 2.15. The Bertz CT molecular complexity index is 359. The van der Waals surface area contributed by atoms with Crippen LogP contribution >= 0.6 is 0 Å². The maximum atomic E-state index is 11.2. The van der Waals surface area contributed by atoms with Crippen LogP contribution in [0.4, 0.5) is 11.4 Å². The van der Waals surface area contributed by atoms with Gasteiger partial charge in [0.15, 0.2) is 0 Å². The van der Waals surface area contributed by atoms with Crippen LogP contribution in [-0.4, -0.2) is 22.3 Å². The van der Waals surface area contributed by atoms with Gasteiger partial charge < -0.3 is 11.1 Å². The molecule has 0 saturated heterocycles. The van der Waals surface area contributed by atoms with Gasteiger partial charge in [-0.3, -0.25) is 4.21 Å². The smallest absolute Gasteiger partial charge is 0.0363 e. The number of nitrogens with one attached hydrogen (secondary N) is 1. The highest BCUT2D eigenvalue weighted by atomic mass is 32.2. The molecule has 0 amide bonds. The number of hydrogen-bond acceptors (Lipinski definition) is 3. The summed E-state index contributed by atoms with van der Waals surface area (Å²) in [7, 11) is -0.742. The zero-order valence-corrected chi connectivity index (χ0v) is 10.9. The zero-order chi connectivity index (χ0) is 12.1. The molecule has 0 aliphatic heterocycles. The van der Waals surface area contributed by atoms with Crippen LogP contribution < -0.4 is 11.1 Å². The first-order chi connectivity index (χ1) is 7.49. The molecule has 3 N–H and O–H groups in total. The normalized spacial score (nSPS) is 14.4. The molecular formula is C12H20N2OS. The molecule has 4 heteroatoms. The molecule has 0 bridgehead atoms. The van der Waals surface area contributed by atoms with Crippen LogP contribution in [0.25, 0.3) is 0 Å². The third kappa shape index (κ3) is 4.23. The molecule has 1 aromatic rings. The first-order valence-electron chi connectivity index (χ1n) is 5.42. The SMILES string of the molecule is Cc1cc(N)cc(NCCC(C)S(C)=O)c1. The van der Waals surface area contributed by atoms with Crippen molar-refractivity contribution >= 4 is 22.2 Å². The van der Waals surface area contributed by atoms with E-state index in [1.165, 1.54) is 0 Å². The lowest BCUT2D eigenvalue weighted by Gasteiger charge is -2.11. The molecule has 2 atom stereocenters. The van der Waals surface area contributed by atoms with Gasteiger partial charge in [0.2, 0.25) is 0 Å². The van der Waals surface area contributed by atoms with Crippen molar-refractivity contribution in [2.75, 3.05) is 23.9 Å². The third-order valence-corrected chi connectivity index (χ3v) is 3.92. The first kappa shape index (κ1) is 13.0. The quantitative estimate of drug-likeness (QED) is 0.775. The predicted molar refractivity (Wildman–Crippen MR) is 72.2 cm³/mol. The Kier molecular flexibility index (Phi) is 4.80. The van der Waals surface area contributed by atoms with Gasteiger partial charge in [0.1, 0.15) is 0 Å². The average molecular weight is 240 g/mol. The molecule has 0 fully saturated rings. The van der Waals surface area contributed by atoms with Gasteiger partial charge in [-0.05, 0) is 37.1 Å². The lowest BCUT2D eigenvalue weighted by molar-refractivity contribution is 0.672. The van der Waals surface area contributed by atoms with Crippen LogP contribution in [0.15, 0.2) is 18.2 Å². The minimum Gasteiger partial charge on any atom is -0.399 e. The molecular weight excluding hydrogens is 220 g/mol. The van der Waals surface area contributed by atoms with Crippen molar-refractivity contribution in [2.45, 2.75) is 25.5 Å². The van der Waals surface area contributed by atoms with Crippen LogP contribution in [0.2, 0.25) is 0 Å². The van der Waals surface area contributed by atoms with E-state index in [2.05, 4.69) is 11.4 Å². The van der Waals surface area contributed by atoms with Crippen molar-refractivity contribution in [1.82, 2.24) is 0 Å². The molecule has 0 aromatic heterocycles. The maximum absolute atomic E-state index is 11.2. The molecule has 2 unspecified atom stereocenters. The van der Waals surface area contributed by atoms with Crippen molar-refractivity contribution in [1.29, 1.82) is 0 Å². The molecule has 90 valence electrons. The summed E-state index contributed by atoms with van der Waals surface area (Å²) >= 11 is 0. The Morgan fingerprint density at radius 2 is 2.12 bits per heavy atom. The van der Waals surface area contributed by atoms with Gasteiger partial charge >= 0.3 is 0 Å². The lowest BCUT2D eigenvalue weighted by Crippen LogP contribution is -2.14. The molecule has 0 radical (unpaired) electrons. The van der Waals surface area contributed by atoms with E-state index in [1.54, 1.807) is 6.26 Å². The van der Waals surface area contributed by atoms with Gasteiger partial charge in [0, 0.05) is 40.2 Å². The van der Waals surface area contributed by atoms with Gasteiger partial charge in [-0.2, -0.15) is 0 Å². The fourth-order valence-electron chi connectivity index (χ4n) is 1.50. The Balaban J connectivity index is 2.46. The van der Waals surface area contributed by atoms with Gasteiger partial charge in [0.25, 0.3) is 0 Å². The van der Waals surface area contributed by atoms with E-state index in [-0.39, 0.29) is 5.25 Å². The number of benzene rings is 1. The van der Waals surface area contributed by atoms with Gasteiger partial charge in [-0.25, -0.2) is 0 Å². The summed E-state index contributed by atoms with van der Waals surface area (Å²) in [6.45, 7) is 4.84. The van der Waals surface area contributed by atoms with E-state index < -0.39 is 10.8 Å². The summed E-state index contributed by atoms with van der Waals surface area (Å²) in [5.41, 5.74) is 8.71. The molecule has 3 nitrogen and oxygen atoms in total. The number of nitrogens with two attached hydrogens (primary N) is 1. The van der Waals surface area contributed by atoms with E-state index >= 15 is 0 Å². The standard InChI is InChI=1S/C12H20N2OS/c1-9-6-11(13)8-12(7-9)14-5-4-10(2)16(3)15/h6-8,10,14H,4-5,13H2,1-3H3. The van der Waals surface area contributed by atoms with Crippen molar-refractivity contribution in [3.8, 4) is 0 Å². The summed E-state index contributed by atoms with van der Waals surface area (Å²) in [4.78, 5) is 0. The Labute approximate surface area is 99.9 Å². The maximum Gasteiger partial charge on any atom is 0.0363 e. The molecule has 1 rings (SSSR count). The molecule has 0 heterocycles. The molecule has 0 spiro atoms. The topological polar surface area (TPSA) is 55.1 Å². The number of anilines is 2. The van der Waals surface area contributed by atoms with Gasteiger partial charge in [-0.15, -0.1) is 0 Å². The fraction of sp³-hybridized carbons (Fsp3) is 0.500. The number of hydrogen-bond donors (Lipinski definition) is 2. The second-order valence-electron chi connectivity index (χ2n) is 4.16. The molecule has 0 aliphatic rings. The average Bonchev–Trinajstić information content (AvgIpc) is 2.15. The summed E-state index contributed by atoms with van der Waals surface area (Å²) < 4.78 is 11.2. The fourth-order valence-corrected chi connectivity index (χ4v) is 1.95. The van der Waals surface area contributed by atoms with Gasteiger partial charge in [0.05, 0.1) is 0 Å². The lowest BCUT2D eigenvalue weighted by atomic mass is 10.2. The minimum atomic E-state index is -0.742. The molecule has 0 aliphatic carbocycles. The second kappa shape index (κ2) is 5.89. The number of aryl methyl sites for hydroxylation is 1. The van der Waals surface area contributed by atoms with Gasteiger partial charge in [-0.1, -0.05) is 6.92 Å². The zero-order valence-electron chi connectivity index (χ0n) is 10.1. The summed E-state index contributed by atoms with van der Waals surface area (Å²) in [5, 5.41) is 3.53. The summed E-state index contributed by atoms with van der Waals surface area (Å²) in [5.74, 6) is 0. The van der Waals surface area contributed by atoms with E-state index in [0.29, 0.717) is 0 Å². The minimum absolute atomic E-state index is 0.231. The van der Waals surface area contributed by atoms with Crippen LogP contribution in [-0.2, 0) is 10.8 Å². The third-order valence-electron chi connectivity index (χ3n) is 2.55. The molecule has 16 heavy (non-hydrogen) atoms. The van der Waals surface area contributed by atoms with Crippen molar-refractivity contribution in [3.05, 3.63) is 23.8 Å². The highest BCUT2D eigenvalue weighted by Gasteiger charge is 2.05. The highest BCUT2D eigenvalue weighted by molar-refractivity contribution is 7.84. The Hall–Kier alpha value is -1.03. The highest BCUT2D eigenvalue weighted by Crippen LogP contribution is 2.16. The van der Waals surface area contributed by atoms with Crippen molar-refractivity contribution in [2.24, 2.45) is 0 Å². The second-order valence-corrected chi connectivity index (χ2v) is 5.96. The largest absolute Gasteiger partial charge is 0.399 e. The first-order valence-corrected chi connectivity index (χ1v) is 7.04. The monoisotopic (exact) mass is 240 g/mol. The van der Waals surface area contributed by atoms with Crippen LogP contribution in [0.5, 0.6) is 0 Å². The molecule has 0 saturated carbocycles. The van der Waals surface area contributed by atoms with Crippen LogP contribution in [0.3, 0.4) is 0 Å². The Morgan fingerprint density at radius 1 is 1.44 bits per heavy atom. The van der Waals surface area contributed by atoms with E-state index in [1.807, 2.05) is 26.0 Å². The molecule has 1 aromatic carbocycles. The summed E-state index contributed by atoms with van der Waals surface area (Å²) in [6, 6.07) is 5.92. The van der Waals surface area contributed by atoms with E-state index in [9.17, 15) is 4.21 Å². The number of rotatable bonds is 5. The van der Waals surface area contributed by atoms with Crippen molar-refractivity contribution in [3.63, 3.8) is 0 Å². The van der Waals surface area contributed by atoms with Crippen LogP contribution in [0, 0.1) is 6.92 Å². The van der Waals surface area contributed by atoms with Crippen LogP contribution in [0.1, 0.15) is 18.9 Å². The van der Waals surface area contributed by atoms with E-state index in [0.717, 1.165) is 29.9 Å². The Morgan fingerprint density at radius 3 is 2.69 bits per heavy atom. The number of nitrogen functional groups attached to an aromatic ring is 1. The van der Waals surface area contributed by atoms with E-state index in [4.69, 9.17) is 5.73 Å². The summed E-state index contributed by atoms with van der Waals surface area (Å²) in [6.07, 6.45) is 2.65.